The summed E-state index contributed by atoms with van der Waals surface area (Å²) in [5, 5.41) is 7.87. The first-order valence-corrected chi connectivity index (χ1v) is 7.02. The van der Waals surface area contributed by atoms with E-state index in [-0.39, 0.29) is 12.0 Å². The van der Waals surface area contributed by atoms with Crippen LogP contribution in [0.4, 0.5) is 0 Å². The Bertz CT molecular complexity index is 426. The molecule has 2 aliphatic rings. The minimum Gasteiger partial charge on any atom is -0.368 e. The van der Waals surface area contributed by atoms with Gasteiger partial charge in [0.05, 0.1) is 12.2 Å². The largest absolute Gasteiger partial charge is 0.368 e. The first-order valence-electron chi connectivity index (χ1n) is 7.02. The van der Waals surface area contributed by atoms with Gasteiger partial charge in [0.15, 0.2) is 0 Å². The normalized spacial score (nSPS) is 28.8. The molecule has 1 aromatic rings. The average molecular weight is 264 g/mol. The number of nitrogens with zero attached hydrogens (tertiary/aromatic N) is 4. The maximum absolute atomic E-state index is 12.4. The van der Waals surface area contributed by atoms with Gasteiger partial charge in [-0.25, -0.2) is 4.68 Å². The zero-order valence-electron chi connectivity index (χ0n) is 11.2. The molecule has 3 heterocycles. The lowest BCUT2D eigenvalue weighted by atomic mass is 10.0. The summed E-state index contributed by atoms with van der Waals surface area (Å²) >= 11 is 0. The van der Waals surface area contributed by atoms with Gasteiger partial charge in [0.25, 0.3) is 5.91 Å². The highest BCUT2D eigenvalue weighted by Crippen LogP contribution is 2.26. The molecule has 2 fully saturated rings. The number of carbonyl (C=O) groups is 1. The molecular formula is C13H20N4O2. The molecular weight excluding hydrogens is 244 g/mol. The van der Waals surface area contributed by atoms with Crippen LogP contribution in [0.5, 0.6) is 0 Å². The Kier molecular flexibility index (Phi) is 3.50. The molecule has 104 valence electrons. The minimum atomic E-state index is -0.220. The molecule has 2 saturated heterocycles. The van der Waals surface area contributed by atoms with Crippen molar-refractivity contribution in [3.8, 4) is 0 Å². The SMILES string of the molecule is C[C@H]1CCO[C@@H]1C(=O)N1CCC(n2ccnn2)CC1. The first kappa shape index (κ1) is 12.6. The van der Waals surface area contributed by atoms with Gasteiger partial charge in [0, 0.05) is 25.9 Å². The molecule has 1 aromatic heterocycles. The van der Waals surface area contributed by atoms with E-state index in [1.807, 2.05) is 15.8 Å². The smallest absolute Gasteiger partial charge is 0.251 e. The topological polar surface area (TPSA) is 60.2 Å². The highest BCUT2D eigenvalue weighted by atomic mass is 16.5. The molecule has 3 rings (SSSR count). The van der Waals surface area contributed by atoms with Gasteiger partial charge < -0.3 is 9.64 Å². The fraction of sp³-hybridized carbons (Fsp3) is 0.769. The lowest BCUT2D eigenvalue weighted by Crippen LogP contribution is -2.45. The molecule has 0 radical (unpaired) electrons. The summed E-state index contributed by atoms with van der Waals surface area (Å²) in [6.45, 7) is 4.39. The fourth-order valence-corrected chi connectivity index (χ4v) is 2.95. The van der Waals surface area contributed by atoms with E-state index in [1.165, 1.54) is 0 Å². The molecule has 0 bridgehead atoms. The molecule has 0 aromatic carbocycles. The van der Waals surface area contributed by atoms with Crippen LogP contribution in [0, 0.1) is 5.92 Å². The van der Waals surface area contributed by atoms with Crippen molar-refractivity contribution in [2.24, 2.45) is 5.92 Å². The average Bonchev–Trinajstić information content (AvgIpc) is 3.09. The summed E-state index contributed by atoms with van der Waals surface area (Å²) in [7, 11) is 0. The Hall–Kier alpha value is -1.43. The maximum Gasteiger partial charge on any atom is 0.251 e. The molecule has 2 aliphatic heterocycles. The van der Waals surface area contributed by atoms with Crippen LogP contribution in [0.25, 0.3) is 0 Å². The number of likely N-dealkylation sites (tertiary alicyclic amines) is 1. The Labute approximate surface area is 112 Å². The van der Waals surface area contributed by atoms with E-state index in [2.05, 4.69) is 17.2 Å². The van der Waals surface area contributed by atoms with Crippen molar-refractivity contribution in [3.63, 3.8) is 0 Å². The van der Waals surface area contributed by atoms with Crippen LogP contribution in [0.1, 0.15) is 32.2 Å². The van der Waals surface area contributed by atoms with E-state index in [1.54, 1.807) is 6.20 Å². The Morgan fingerprint density at radius 1 is 1.32 bits per heavy atom. The molecule has 19 heavy (non-hydrogen) atoms. The Morgan fingerprint density at radius 2 is 2.11 bits per heavy atom. The molecule has 0 saturated carbocycles. The van der Waals surface area contributed by atoms with E-state index in [4.69, 9.17) is 4.74 Å². The molecule has 2 atom stereocenters. The monoisotopic (exact) mass is 264 g/mol. The highest BCUT2D eigenvalue weighted by molar-refractivity contribution is 5.81. The number of rotatable bonds is 2. The van der Waals surface area contributed by atoms with Crippen molar-refractivity contribution >= 4 is 5.91 Å². The number of hydrogen-bond acceptors (Lipinski definition) is 4. The van der Waals surface area contributed by atoms with Crippen LogP contribution in [-0.4, -0.2) is 51.6 Å². The molecule has 0 spiro atoms. The predicted octanol–water partition coefficient (Wildman–Crippen LogP) is 0.867. The number of amides is 1. The second-order valence-corrected chi connectivity index (χ2v) is 5.50. The van der Waals surface area contributed by atoms with Gasteiger partial charge in [0.2, 0.25) is 0 Å². The van der Waals surface area contributed by atoms with Crippen LogP contribution in [-0.2, 0) is 9.53 Å². The Balaban J connectivity index is 1.56. The van der Waals surface area contributed by atoms with Crippen molar-refractivity contribution in [1.82, 2.24) is 19.9 Å². The second kappa shape index (κ2) is 5.28. The standard InChI is InChI=1S/C13H20N4O2/c1-10-4-9-19-12(10)13(18)16-6-2-11(3-7-16)17-8-5-14-15-17/h5,8,10-12H,2-4,6-7,9H2,1H3/t10-,12-/m0/s1. The van der Waals surface area contributed by atoms with Gasteiger partial charge >= 0.3 is 0 Å². The zero-order valence-corrected chi connectivity index (χ0v) is 11.2. The summed E-state index contributed by atoms with van der Waals surface area (Å²) < 4.78 is 7.46. The predicted molar refractivity (Wildman–Crippen MR) is 68.4 cm³/mol. The van der Waals surface area contributed by atoms with E-state index in [9.17, 15) is 4.79 Å². The number of aromatic nitrogens is 3. The van der Waals surface area contributed by atoms with Crippen molar-refractivity contribution in [1.29, 1.82) is 0 Å². The van der Waals surface area contributed by atoms with Crippen LogP contribution >= 0.6 is 0 Å². The van der Waals surface area contributed by atoms with E-state index in [0.717, 1.165) is 32.4 Å². The summed E-state index contributed by atoms with van der Waals surface area (Å²) in [6.07, 6.45) is 6.25. The maximum atomic E-state index is 12.4. The molecule has 0 unspecified atom stereocenters. The molecule has 0 aliphatic carbocycles. The third-order valence-electron chi connectivity index (χ3n) is 4.22. The van der Waals surface area contributed by atoms with Gasteiger partial charge in [-0.05, 0) is 25.2 Å². The van der Waals surface area contributed by atoms with Crippen molar-refractivity contribution < 1.29 is 9.53 Å². The summed E-state index contributed by atoms with van der Waals surface area (Å²) in [6, 6.07) is 0.369. The molecule has 1 amide bonds. The van der Waals surface area contributed by atoms with E-state index < -0.39 is 0 Å². The van der Waals surface area contributed by atoms with Gasteiger partial charge in [-0.3, -0.25) is 4.79 Å². The minimum absolute atomic E-state index is 0.169. The zero-order chi connectivity index (χ0) is 13.2. The van der Waals surface area contributed by atoms with Crippen molar-refractivity contribution in [3.05, 3.63) is 12.4 Å². The van der Waals surface area contributed by atoms with Crippen LogP contribution in [0.3, 0.4) is 0 Å². The molecule has 0 N–H and O–H groups in total. The number of piperidine rings is 1. The summed E-state index contributed by atoms with van der Waals surface area (Å²) in [4.78, 5) is 14.3. The van der Waals surface area contributed by atoms with Crippen molar-refractivity contribution in [2.45, 2.75) is 38.3 Å². The summed E-state index contributed by atoms with van der Waals surface area (Å²) in [5.74, 6) is 0.516. The van der Waals surface area contributed by atoms with Gasteiger partial charge in [0.1, 0.15) is 6.10 Å². The van der Waals surface area contributed by atoms with E-state index >= 15 is 0 Å². The lowest BCUT2D eigenvalue weighted by molar-refractivity contribution is -0.143. The van der Waals surface area contributed by atoms with Crippen molar-refractivity contribution in [2.75, 3.05) is 19.7 Å². The summed E-state index contributed by atoms with van der Waals surface area (Å²) in [5.41, 5.74) is 0. The van der Waals surface area contributed by atoms with E-state index in [0.29, 0.717) is 18.6 Å². The third-order valence-corrected chi connectivity index (χ3v) is 4.22. The number of carbonyl (C=O) groups excluding carboxylic acids is 1. The molecule has 6 nitrogen and oxygen atoms in total. The quantitative estimate of drug-likeness (QED) is 0.795. The van der Waals surface area contributed by atoms with Gasteiger partial charge in [-0.15, -0.1) is 5.10 Å². The highest BCUT2D eigenvalue weighted by Gasteiger charge is 2.35. The fourth-order valence-electron chi connectivity index (χ4n) is 2.95. The Morgan fingerprint density at radius 3 is 2.68 bits per heavy atom. The van der Waals surface area contributed by atoms with Crippen LogP contribution in [0.15, 0.2) is 12.4 Å². The second-order valence-electron chi connectivity index (χ2n) is 5.50. The van der Waals surface area contributed by atoms with Crippen LogP contribution < -0.4 is 0 Å². The van der Waals surface area contributed by atoms with Gasteiger partial charge in [-0.2, -0.15) is 0 Å². The first-order chi connectivity index (χ1) is 9.25. The lowest BCUT2D eigenvalue weighted by Gasteiger charge is -2.33. The number of ether oxygens (including phenoxy) is 1. The molecule has 6 heteroatoms. The third kappa shape index (κ3) is 2.49. The van der Waals surface area contributed by atoms with Gasteiger partial charge in [-0.1, -0.05) is 12.1 Å². The van der Waals surface area contributed by atoms with Crippen LogP contribution in [0.2, 0.25) is 0 Å². The number of hydrogen-bond donors (Lipinski definition) is 0.